The van der Waals surface area contributed by atoms with Crippen LogP contribution in [0.1, 0.15) is 85.6 Å². The summed E-state index contributed by atoms with van der Waals surface area (Å²) in [4.78, 5) is 60.9. The highest BCUT2D eigenvalue weighted by molar-refractivity contribution is 5.86. The summed E-state index contributed by atoms with van der Waals surface area (Å²) in [6.45, 7) is 14.6. The Hall–Kier alpha value is -2.86. The number of benzene rings is 1. The van der Waals surface area contributed by atoms with Gasteiger partial charge < -0.3 is 34.6 Å². The zero-order valence-corrected chi connectivity index (χ0v) is 33.4. The zero-order chi connectivity index (χ0) is 38.5. The first-order valence-electron chi connectivity index (χ1n) is 19.6. The van der Waals surface area contributed by atoms with Gasteiger partial charge in [0, 0.05) is 84.8 Å². The maximum absolute atomic E-state index is 14.3. The number of carbonyl (C=O) groups excluding carboxylic acids is 4. The molecule has 0 saturated carbocycles. The molecule has 3 amide bonds. The van der Waals surface area contributed by atoms with Gasteiger partial charge in [0.25, 0.3) is 0 Å². The van der Waals surface area contributed by atoms with Gasteiger partial charge in [0.05, 0.1) is 30.7 Å². The molecular weight excluding hydrogens is 660 g/mol. The highest BCUT2D eigenvalue weighted by Gasteiger charge is 2.43. The fraction of sp³-hybridized carbons (Fsp3) is 0.756. The molecule has 294 valence electrons. The van der Waals surface area contributed by atoms with Crippen LogP contribution in [0, 0.1) is 29.6 Å². The van der Waals surface area contributed by atoms with Crippen molar-refractivity contribution in [2.24, 2.45) is 29.6 Å². The van der Waals surface area contributed by atoms with Crippen LogP contribution in [-0.2, 0) is 35.1 Å². The van der Waals surface area contributed by atoms with E-state index in [4.69, 9.17) is 9.47 Å². The molecule has 11 nitrogen and oxygen atoms in total. The number of piperazine rings is 1. The van der Waals surface area contributed by atoms with Crippen LogP contribution in [0.2, 0.25) is 0 Å². The third-order valence-electron chi connectivity index (χ3n) is 11.8. The molecule has 0 aromatic heterocycles. The minimum atomic E-state index is -0.572. The molecule has 2 N–H and O–H groups in total. The average Bonchev–Trinajstić information content (AvgIpc) is 3.63. The van der Waals surface area contributed by atoms with Gasteiger partial charge in [-0.25, -0.2) is 0 Å². The molecule has 2 aliphatic heterocycles. The number of likely N-dealkylation sites (N-methyl/N-ethyl adjacent to an activating group) is 1. The Bertz CT molecular complexity index is 1280. The average molecular weight is 729 g/mol. The van der Waals surface area contributed by atoms with Crippen molar-refractivity contribution in [2.75, 3.05) is 54.1 Å². The van der Waals surface area contributed by atoms with E-state index in [-0.39, 0.29) is 85.3 Å². The summed E-state index contributed by atoms with van der Waals surface area (Å²) in [6.07, 6.45) is 2.28. The van der Waals surface area contributed by atoms with E-state index in [1.165, 1.54) is 0 Å². The summed E-state index contributed by atoms with van der Waals surface area (Å²) in [5, 5.41) is 13.4. The van der Waals surface area contributed by atoms with Crippen LogP contribution in [0.3, 0.4) is 0 Å². The third kappa shape index (κ3) is 11.3. The van der Waals surface area contributed by atoms with Gasteiger partial charge in [0.1, 0.15) is 5.78 Å². The Kier molecular flexibility index (Phi) is 17.7. The molecule has 0 unspecified atom stereocenters. The quantitative estimate of drug-likeness (QED) is 0.205. The second kappa shape index (κ2) is 21.1. The van der Waals surface area contributed by atoms with Crippen LogP contribution in [0.4, 0.5) is 0 Å². The van der Waals surface area contributed by atoms with Crippen molar-refractivity contribution in [1.82, 2.24) is 20.0 Å². The molecule has 2 heterocycles. The van der Waals surface area contributed by atoms with Crippen molar-refractivity contribution >= 4 is 23.5 Å². The number of aliphatic hydroxyl groups excluding tert-OH is 1. The molecule has 1 aromatic rings. The van der Waals surface area contributed by atoms with Crippen molar-refractivity contribution in [3.8, 4) is 0 Å². The van der Waals surface area contributed by atoms with E-state index < -0.39 is 24.0 Å². The number of carbonyl (C=O) groups is 4. The SMILES string of the molecule is CC[C@H](C)[C@@H]([C@@H](CC(=O)N1CCC[C@H]1[C@H](OC)[C@@H](C)C(=O)C[C@H](CO)Cc1ccccc1)OC)N(C)C(=O)[C@@H](CC(=O)N1CCNC[C@@H]1C)C(C)C. The highest BCUT2D eigenvalue weighted by Crippen LogP contribution is 2.31. The Morgan fingerprint density at radius 3 is 2.21 bits per heavy atom. The second-order valence-corrected chi connectivity index (χ2v) is 15.7. The van der Waals surface area contributed by atoms with E-state index in [1.54, 1.807) is 26.2 Å². The van der Waals surface area contributed by atoms with E-state index in [0.29, 0.717) is 19.5 Å². The Labute approximate surface area is 313 Å². The van der Waals surface area contributed by atoms with E-state index in [2.05, 4.69) is 19.2 Å². The molecule has 0 bridgehead atoms. The molecule has 2 aliphatic rings. The lowest BCUT2D eigenvalue weighted by Gasteiger charge is -2.41. The van der Waals surface area contributed by atoms with Crippen LogP contribution in [0.15, 0.2) is 30.3 Å². The summed E-state index contributed by atoms with van der Waals surface area (Å²) >= 11 is 0. The maximum Gasteiger partial charge on any atom is 0.226 e. The fourth-order valence-corrected chi connectivity index (χ4v) is 8.35. The molecular formula is C41H68N4O7. The van der Waals surface area contributed by atoms with Gasteiger partial charge in [0.15, 0.2) is 0 Å². The summed E-state index contributed by atoms with van der Waals surface area (Å²) < 4.78 is 12.0. The number of aliphatic hydroxyl groups is 1. The third-order valence-corrected chi connectivity index (χ3v) is 11.8. The smallest absolute Gasteiger partial charge is 0.226 e. The van der Waals surface area contributed by atoms with Crippen molar-refractivity contribution in [3.63, 3.8) is 0 Å². The number of amides is 3. The van der Waals surface area contributed by atoms with E-state index in [9.17, 15) is 24.3 Å². The first kappa shape index (κ1) is 43.5. The highest BCUT2D eigenvalue weighted by atomic mass is 16.5. The molecule has 0 radical (unpaired) electrons. The molecule has 2 fully saturated rings. The molecule has 9 atom stereocenters. The number of ketones is 1. The molecule has 0 spiro atoms. The lowest BCUT2D eigenvalue weighted by atomic mass is 9.85. The molecule has 2 saturated heterocycles. The first-order chi connectivity index (χ1) is 24.8. The van der Waals surface area contributed by atoms with Crippen LogP contribution in [0.25, 0.3) is 0 Å². The monoisotopic (exact) mass is 729 g/mol. The minimum absolute atomic E-state index is 0.00318. The van der Waals surface area contributed by atoms with E-state index in [1.807, 2.05) is 67.8 Å². The van der Waals surface area contributed by atoms with Crippen molar-refractivity contribution in [3.05, 3.63) is 35.9 Å². The minimum Gasteiger partial charge on any atom is -0.396 e. The Morgan fingerprint density at radius 1 is 0.962 bits per heavy atom. The number of hydrogen-bond donors (Lipinski definition) is 2. The number of likely N-dealkylation sites (tertiary alicyclic amines) is 1. The maximum atomic E-state index is 14.3. The number of ether oxygens (including phenoxy) is 2. The van der Waals surface area contributed by atoms with Gasteiger partial charge in [-0.1, -0.05) is 71.4 Å². The van der Waals surface area contributed by atoms with Gasteiger partial charge in [-0.05, 0) is 49.5 Å². The summed E-state index contributed by atoms with van der Waals surface area (Å²) in [6, 6.07) is 9.27. The number of hydrogen-bond acceptors (Lipinski definition) is 8. The van der Waals surface area contributed by atoms with Crippen LogP contribution < -0.4 is 5.32 Å². The summed E-state index contributed by atoms with van der Waals surface area (Å²) in [5.74, 6) is -1.38. The largest absolute Gasteiger partial charge is 0.396 e. The van der Waals surface area contributed by atoms with Crippen molar-refractivity contribution in [2.45, 2.75) is 117 Å². The lowest BCUT2D eigenvalue weighted by molar-refractivity contribution is -0.150. The Balaban J connectivity index is 1.74. The molecule has 0 aliphatic carbocycles. The predicted octanol–water partition coefficient (Wildman–Crippen LogP) is 4.20. The molecule has 52 heavy (non-hydrogen) atoms. The number of Topliss-reactive ketones (excluding diaryl/α,β-unsaturated/α-hetero) is 1. The zero-order valence-electron chi connectivity index (χ0n) is 33.4. The van der Waals surface area contributed by atoms with Crippen LogP contribution in [-0.4, -0.2) is 128 Å². The lowest BCUT2D eigenvalue weighted by Crippen LogP contribution is -2.55. The standard InChI is InChI=1S/C41H68N4O7/c1-10-28(4)39(43(7)41(50)33(27(2)3)23-37(48)44-20-18-42-25-29(44)5)36(51-8)24-38(49)45-19-14-17-34(45)40(52-9)30(6)35(47)22-32(26-46)21-31-15-12-11-13-16-31/h11-13,15-16,27-30,32-34,36,39-40,42,46H,10,14,17-26H2,1-9H3/t28-,29-,30-,32+,33-,34-,36+,39-,40+/m0/s1. The van der Waals surface area contributed by atoms with Crippen molar-refractivity contribution < 1.29 is 33.8 Å². The van der Waals surface area contributed by atoms with Gasteiger partial charge in [-0.2, -0.15) is 0 Å². The molecule has 1 aromatic carbocycles. The number of nitrogens with zero attached hydrogens (tertiary/aromatic N) is 3. The van der Waals surface area contributed by atoms with Crippen LogP contribution in [0.5, 0.6) is 0 Å². The topological polar surface area (TPSA) is 129 Å². The van der Waals surface area contributed by atoms with Gasteiger partial charge in [-0.15, -0.1) is 0 Å². The predicted molar refractivity (Wildman–Crippen MR) is 203 cm³/mol. The number of nitrogens with one attached hydrogen (secondary N) is 1. The summed E-state index contributed by atoms with van der Waals surface area (Å²) in [5.41, 5.74) is 1.08. The normalized spacial score (nSPS) is 22.0. The Morgan fingerprint density at radius 2 is 1.63 bits per heavy atom. The molecule has 11 heteroatoms. The number of rotatable bonds is 20. The van der Waals surface area contributed by atoms with Gasteiger partial charge >= 0.3 is 0 Å². The fourth-order valence-electron chi connectivity index (χ4n) is 8.35. The van der Waals surface area contributed by atoms with Crippen LogP contribution >= 0.6 is 0 Å². The van der Waals surface area contributed by atoms with E-state index in [0.717, 1.165) is 37.9 Å². The van der Waals surface area contributed by atoms with Gasteiger partial charge in [-0.3, -0.25) is 19.2 Å². The number of methoxy groups -OCH3 is 2. The first-order valence-corrected chi connectivity index (χ1v) is 19.6. The van der Waals surface area contributed by atoms with E-state index >= 15 is 0 Å². The van der Waals surface area contributed by atoms with Gasteiger partial charge in [0.2, 0.25) is 17.7 Å². The van der Waals surface area contributed by atoms with Crippen molar-refractivity contribution in [1.29, 1.82) is 0 Å². The second-order valence-electron chi connectivity index (χ2n) is 15.7. The molecule has 3 rings (SSSR count). The summed E-state index contributed by atoms with van der Waals surface area (Å²) in [7, 11) is 4.97.